The highest BCUT2D eigenvalue weighted by Gasteiger charge is 2.07. The number of hydrogen-bond acceptors (Lipinski definition) is 1. The Labute approximate surface area is 117 Å². The van der Waals surface area contributed by atoms with E-state index in [9.17, 15) is 5.11 Å². The molecular weight excluding hydrogens is 244 g/mol. The van der Waals surface area contributed by atoms with Crippen molar-refractivity contribution in [1.29, 1.82) is 0 Å². The Bertz CT molecular complexity index is 938. The van der Waals surface area contributed by atoms with Gasteiger partial charge in [0.05, 0.1) is 6.61 Å². The summed E-state index contributed by atoms with van der Waals surface area (Å²) in [7, 11) is 0. The van der Waals surface area contributed by atoms with E-state index < -0.39 is 0 Å². The van der Waals surface area contributed by atoms with Crippen LogP contribution in [0.15, 0.2) is 66.7 Å². The molecule has 4 rings (SSSR count). The number of fused-ring (bicyclic) bond motifs is 4. The van der Waals surface area contributed by atoms with Crippen molar-refractivity contribution in [3.63, 3.8) is 0 Å². The molecule has 0 unspecified atom stereocenters. The quantitative estimate of drug-likeness (QED) is 0.389. The van der Waals surface area contributed by atoms with Crippen LogP contribution in [0.5, 0.6) is 0 Å². The highest BCUT2D eigenvalue weighted by molar-refractivity contribution is 6.13. The van der Waals surface area contributed by atoms with Crippen LogP contribution >= 0.6 is 0 Å². The van der Waals surface area contributed by atoms with Gasteiger partial charge in [0.1, 0.15) is 0 Å². The van der Waals surface area contributed by atoms with Gasteiger partial charge in [-0.25, -0.2) is 0 Å². The summed E-state index contributed by atoms with van der Waals surface area (Å²) in [4.78, 5) is 0. The fourth-order valence-electron chi connectivity index (χ4n) is 2.99. The topological polar surface area (TPSA) is 20.2 Å². The van der Waals surface area contributed by atoms with Gasteiger partial charge in [0, 0.05) is 0 Å². The molecule has 0 aliphatic carbocycles. The lowest BCUT2D eigenvalue weighted by Crippen LogP contribution is -1.88. The fourth-order valence-corrected chi connectivity index (χ4v) is 2.99. The van der Waals surface area contributed by atoms with Gasteiger partial charge in [-0.05, 0) is 56.1 Å². The second kappa shape index (κ2) is 4.32. The minimum absolute atomic E-state index is 0.0691. The van der Waals surface area contributed by atoms with Crippen molar-refractivity contribution in [1.82, 2.24) is 0 Å². The summed E-state index contributed by atoms with van der Waals surface area (Å²) >= 11 is 0. The first-order valence-electron chi connectivity index (χ1n) is 6.81. The Balaban J connectivity index is 2.28. The van der Waals surface area contributed by atoms with Crippen molar-refractivity contribution in [3.8, 4) is 0 Å². The van der Waals surface area contributed by atoms with Crippen LogP contribution in [-0.4, -0.2) is 5.11 Å². The maximum atomic E-state index is 9.67. The Kier molecular flexibility index (Phi) is 2.48. The molecule has 0 atom stereocenters. The first kappa shape index (κ1) is 11.4. The number of aliphatic hydroxyl groups excluding tert-OH is 1. The van der Waals surface area contributed by atoms with Crippen molar-refractivity contribution in [2.75, 3.05) is 0 Å². The zero-order valence-corrected chi connectivity index (χ0v) is 11.0. The molecule has 0 aromatic heterocycles. The summed E-state index contributed by atoms with van der Waals surface area (Å²) in [6.45, 7) is 0.0691. The van der Waals surface area contributed by atoms with E-state index in [0.29, 0.717) is 0 Å². The lowest BCUT2D eigenvalue weighted by Gasteiger charge is -2.10. The molecule has 0 aliphatic heterocycles. The van der Waals surface area contributed by atoms with Crippen LogP contribution in [0.25, 0.3) is 32.3 Å². The summed E-state index contributed by atoms with van der Waals surface area (Å²) in [5, 5.41) is 16.9. The second-order valence-electron chi connectivity index (χ2n) is 5.16. The highest BCUT2D eigenvalue weighted by Crippen LogP contribution is 2.32. The normalized spacial score (nSPS) is 11.4. The van der Waals surface area contributed by atoms with E-state index in [1.165, 1.54) is 26.9 Å². The molecule has 96 valence electrons. The lowest BCUT2D eigenvalue weighted by molar-refractivity contribution is 0.283. The summed E-state index contributed by atoms with van der Waals surface area (Å²) < 4.78 is 0. The Hall–Kier alpha value is -2.38. The Morgan fingerprint density at radius 1 is 0.600 bits per heavy atom. The minimum atomic E-state index is 0.0691. The van der Waals surface area contributed by atoms with Crippen LogP contribution in [0.2, 0.25) is 0 Å². The molecule has 0 fully saturated rings. The zero-order chi connectivity index (χ0) is 13.5. The average molecular weight is 258 g/mol. The van der Waals surface area contributed by atoms with Crippen LogP contribution < -0.4 is 0 Å². The van der Waals surface area contributed by atoms with E-state index in [1.54, 1.807) is 0 Å². The molecule has 0 radical (unpaired) electrons. The van der Waals surface area contributed by atoms with E-state index in [0.717, 1.165) is 10.9 Å². The van der Waals surface area contributed by atoms with Crippen molar-refractivity contribution in [2.45, 2.75) is 6.61 Å². The fraction of sp³-hybridized carbons (Fsp3) is 0.0526. The summed E-state index contributed by atoms with van der Waals surface area (Å²) in [5.74, 6) is 0. The van der Waals surface area contributed by atoms with Gasteiger partial charge in [0.25, 0.3) is 0 Å². The first-order chi connectivity index (χ1) is 9.86. The van der Waals surface area contributed by atoms with Gasteiger partial charge < -0.3 is 5.11 Å². The van der Waals surface area contributed by atoms with Gasteiger partial charge in [0.15, 0.2) is 0 Å². The summed E-state index contributed by atoms with van der Waals surface area (Å²) in [5.41, 5.74) is 0.990. The summed E-state index contributed by atoms with van der Waals surface area (Å²) in [6.07, 6.45) is 0. The van der Waals surface area contributed by atoms with Crippen LogP contribution in [0.3, 0.4) is 0 Å². The van der Waals surface area contributed by atoms with Gasteiger partial charge >= 0.3 is 0 Å². The van der Waals surface area contributed by atoms with Crippen LogP contribution in [-0.2, 0) is 6.61 Å². The van der Waals surface area contributed by atoms with Crippen molar-refractivity contribution in [2.24, 2.45) is 0 Å². The molecule has 1 N–H and O–H groups in total. The Morgan fingerprint density at radius 2 is 1.20 bits per heavy atom. The lowest BCUT2D eigenvalue weighted by atomic mass is 9.95. The molecule has 0 spiro atoms. The standard InChI is InChI=1S/C19H14O/c20-12-16-9-15-7-3-4-8-17(15)19-11-14-6-2-1-5-13(14)10-18(16)19/h1-11,20H,12H2. The SMILES string of the molecule is OCc1cc2ccccc2c2cc3ccccc3cc12. The molecule has 0 saturated carbocycles. The molecule has 0 amide bonds. The molecule has 0 saturated heterocycles. The van der Waals surface area contributed by atoms with Gasteiger partial charge in [-0.1, -0.05) is 48.5 Å². The zero-order valence-electron chi connectivity index (χ0n) is 11.0. The van der Waals surface area contributed by atoms with Crippen molar-refractivity contribution in [3.05, 3.63) is 72.3 Å². The third-order valence-corrected chi connectivity index (χ3v) is 3.98. The third-order valence-electron chi connectivity index (χ3n) is 3.98. The maximum Gasteiger partial charge on any atom is 0.0688 e. The van der Waals surface area contributed by atoms with E-state index >= 15 is 0 Å². The molecular formula is C19H14O. The largest absolute Gasteiger partial charge is 0.392 e. The van der Waals surface area contributed by atoms with Gasteiger partial charge in [-0.3, -0.25) is 0 Å². The average Bonchev–Trinajstić information content (AvgIpc) is 2.52. The van der Waals surface area contributed by atoms with Crippen molar-refractivity contribution >= 4 is 32.3 Å². The van der Waals surface area contributed by atoms with Crippen LogP contribution in [0.4, 0.5) is 0 Å². The monoisotopic (exact) mass is 258 g/mol. The van der Waals surface area contributed by atoms with E-state index in [2.05, 4.69) is 54.6 Å². The second-order valence-corrected chi connectivity index (χ2v) is 5.16. The predicted molar refractivity (Wildman–Crippen MR) is 84.9 cm³/mol. The Morgan fingerprint density at radius 3 is 1.90 bits per heavy atom. The molecule has 1 nitrogen and oxygen atoms in total. The maximum absolute atomic E-state index is 9.67. The molecule has 1 heteroatoms. The third kappa shape index (κ3) is 1.60. The smallest absolute Gasteiger partial charge is 0.0688 e. The number of rotatable bonds is 1. The molecule has 0 aliphatic rings. The predicted octanol–water partition coefficient (Wildman–Crippen LogP) is 4.64. The van der Waals surface area contributed by atoms with Gasteiger partial charge in [0.2, 0.25) is 0 Å². The van der Waals surface area contributed by atoms with E-state index in [1.807, 2.05) is 12.1 Å². The highest BCUT2D eigenvalue weighted by atomic mass is 16.3. The number of benzene rings is 4. The van der Waals surface area contributed by atoms with Crippen LogP contribution in [0.1, 0.15) is 5.56 Å². The molecule has 0 bridgehead atoms. The van der Waals surface area contributed by atoms with E-state index in [-0.39, 0.29) is 6.61 Å². The molecule has 4 aromatic carbocycles. The minimum Gasteiger partial charge on any atom is -0.392 e. The first-order valence-corrected chi connectivity index (χ1v) is 6.81. The van der Waals surface area contributed by atoms with Crippen LogP contribution in [0, 0.1) is 0 Å². The molecule has 20 heavy (non-hydrogen) atoms. The number of aliphatic hydroxyl groups is 1. The molecule has 0 heterocycles. The van der Waals surface area contributed by atoms with Gasteiger partial charge in [-0.2, -0.15) is 0 Å². The van der Waals surface area contributed by atoms with E-state index in [4.69, 9.17) is 0 Å². The van der Waals surface area contributed by atoms with Gasteiger partial charge in [-0.15, -0.1) is 0 Å². The molecule has 4 aromatic rings. The number of hydrogen-bond donors (Lipinski definition) is 1. The summed E-state index contributed by atoms with van der Waals surface area (Å²) in [6, 6.07) is 23.2. The van der Waals surface area contributed by atoms with Crippen molar-refractivity contribution < 1.29 is 5.11 Å².